The van der Waals surface area contributed by atoms with Crippen LogP contribution in [0.25, 0.3) is 0 Å². The van der Waals surface area contributed by atoms with Crippen molar-refractivity contribution >= 4 is 5.91 Å². The number of nitrogens with two attached hydrogens (primary N) is 1. The van der Waals surface area contributed by atoms with Crippen molar-refractivity contribution in [1.82, 2.24) is 10.2 Å². The molecule has 1 amide bonds. The molecule has 0 spiro atoms. The monoisotopic (exact) mass is 199 g/mol. The third-order valence-electron chi connectivity index (χ3n) is 3.17. The highest BCUT2D eigenvalue weighted by molar-refractivity contribution is 5.80. The fourth-order valence-electron chi connectivity index (χ4n) is 1.97. The van der Waals surface area contributed by atoms with Gasteiger partial charge in [-0.05, 0) is 32.7 Å². The van der Waals surface area contributed by atoms with Crippen LogP contribution in [-0.4, -0.2) is 43.0 Å². The summed E-state index contributed by atoms with van der Waals surface area (Å²) in [7, 11) is 1.68. The molecule has 1 saturated heterocycles. The van der Waals surface area contributed by atoms with Gasteiger partial charge in [0.15, 0.2) is 0 Å². The standard InChI is InChI=1S/C10H21N3O/c1-7(11)9-4-5-13(6-9)8(2)10(14)12-3/h7-9H,4-6,11H2,1-3H3,(H,12,14). The van der Waals surface area contributed by atoms with Gasteiger partial charge in [0.25, 0.3) is 0 Å². The van der Waals surface area contributed by atoms with E-state index in [1.54, 1.807) is 7.05 Å². The van der Waals surface area contributed by atoms with E-state index < -0.39 is 0 Å². The molecule has 0 aromatic heterocycles. The van der Waals surface area contributed by atoms with Crippen LogP contribution in [0.15, 0.2) is 0 Å². The van der Waals surface area contributed by atoms with Gasteiger partial charge < -0.3 is 11.1 Å². The molecule has 3 atom stereocenters. The molecule has 0 radical (unpaired) electrons. The van der Waals surface area contributed by atoms with Crippen molar-refractivity contribution in [1.29, 1.82) is 0 Å². The molecular weight excluding hydrogens is 178 g/mol. The third kappa shape index (κ3) is 2.45. The van der Waals surface area contributed by atoms with E-state index in [0.29, 0.717) is 5.92 Å². The maximum atomic E-state index is 11.4. The Balaban J connectivity index is 2.45. The number of carbonyl (C=O) groups is 1. The molecule has 3 unspecified atom stereocenters. The first-order valence-corrected chi connectivity index (χ1v) is 5.27. The first-order chi connectivity index (χ1) is 6.56. The largest absolute Gasteiger partial charge is 0.358 e. The molecule has 14 heavy (non-hydrogen) atoms. The summed E-state index contributed by atoms with van der Waals surface area (Å²) in [5.41, 5.74) is 5.84. The maximum absolute atomic E-state index is 11.4. The number of amides is 1. The van der Waals surface area contributed by atoms with Gasteiger partial charge in [0, 0.05) is 19.6 Å². The van der Waals surface area contributed by atoms with Crippen LogP contribution in [0.5, 0.6) is 0 Å². The zero-order valence-electron chi connectivity index (χ0n) is 9.29. The molecule has 3 N–H and O–H groups in total. The highest BCUT2D eigenvalue weighted by atomic mass is 16.2. The van der Waals surface area contributed by atoms with Gasteiger partial charge in [0.1, 0.15) is 0 Å². The van der Waals surface area contributed by atoms with Gasteiger partial charge in [-0.3, -0.25) is 9.69 Å². The minimum Gasteiger partial charge on any atom is -0.358 e. The first kappa shape index (κ1) is 11.5. The molecule has 1 aliphatic rings. The number of likely N-dealkylation sites (N-methyl/N-ethyl adjacent to an activating group) is 1. The van der Waals surface area contributed by atoms with Crippen molar-refractivity contribution in [3.63, 3.8) is 0 Å². The molecule has 4 heteroatoms. The topological polar surface area (TPSA) is 58.4 Å². The number of nitrogens with one attached hydrogen (secondary N) is 1. The number of nitrogens with zero attached hydrogens (tertiary/aromatic N) is 1. The molecule has 4 nitrogen and oxygen atoms in total. The highest BCUT2D eigenvalue weighted by Gasteiger charge is 2.30. The zero-order valence-corrected chi connectivity index (χ0v) is 9.29. The van der Waals surface area contributed by atoms with Crippen LogP contribution in [0.2, 0.25) is 0 Å². The van der Waals surface area contributed by atoms with Crippen LogP contribution in [-0.2, 0) is 4.79 Å². The van der Waals surface area contributed by atoms with Gasteiger partial charge in [-0.25, -0.2) is 0 Å². The van der Waals surface area contributed by atoms with E-state index in [9.17, 15) is 4.79 Å². The second-order valence-corrected chi connectivity index (χ2v) is 4.19. The van der Waals surface area contributed by atoms with Gasteiger partial charge in [-0.1, -0.05) is 0 Å². The predicted octanol–water partition coefficient (Wildman–Crippen LogP) is -0.210. The molecule has 0 aromatic rings. The van der Waals surface area contributed by atoms with Crippen molar-refractivity contribution in [2.75, 3.05) is 20.1 Å². The third-order valence-corrected chi connectivity index (χ3v) is 3.17. The number of carbonyl (C=O) groups excluding carboxylic acids is 1. The van der Waals surface area contributed by atoms with Crippen LogP contribution in [0.4, 0.5) is 0 Å². The Hall–Kier alpha value is -0.610. The molecule has 1 rings (SSSR count). The second-order valence-electron chi connectivity index (χ2n) is 4.19. The lowest BCUT2D eigenvalue weighted by atomic mass is 10.0. The normalized spacial score (nSPS) is 27.3. The van der Waals surface area contributed by atoms with Crippen LogP contribution >= 0.6 is 0 Å². The summed E-state index contributed by atoms with van der Waals surface area (Å²) < 4.78 is 0. The lowest BCUT2D eigenvalue weighted by Crippen LogP contribution is -2.43. The van der Waals surface area contributed by atoms with Gasteiger partial charge in [-0.15, -0.1) is 0 Å². The van der Waals surface area contributed by atoms with Crippen molar-refractivity contribution in [2.24, 2.45) is 11.7 Å². The van der Waals surface area contributed by atoms with E-state index >= 15 is 0 Å². The zero-order chi connectivity index (χ0) is 10.7. The molecule has 1 heterocycles. The summed E-state index contributed by atoms with van der Waals surface area (Å²) in [5.74, 6) is 0.637. The lowest BCUT2D eigenvalue weighted by Gasteiger charge is -2.23. The number of hydrogen-bond donors (Lipinski definition) is 2. The van der Waals surface area contributed by atoms with Gasteiger partial charge in [0.05, 0.1) is 6.04 Å². The Morgan fingerprint density at radius 3 is 2.64 bits per heavy atom. The Kier molecular flexibility index (Phi) is 3.89. The van der Waals surface area contributed by atoms with Gasteiger partial charge in [-0.2, -0.15) is 0 Å². The molecule has 0 aromatic carbocycles. The Labute approximate surface area is 85.8 Å². The van der Waals surface area contributed by atoms with E-state index in [1.165, 1.54) is 0 Å². The molecule has 0 aliphatic carbocycles. The minimum absolute atomic E-state index is 0.0243. The number of rotatable bonds is 3. The van der Waals surface area contributed by atoms with Crippen LogP contribution in [0.3, 0.4) is 0 Å². The van der Waals surface area contributed by atoms with E-state index in [0.717, 1.165) is 19.5 Å². The van der Waals surface area contributed by atoms with Crippen molar-refractivity contribution in [3.8, 4) is 0 Å². The average Bonchev–Trinajstić information content (AvgIpc) is 2.64. The second kappa shape index (κ2) is 4.75. The summed E-state index contributed by atoms with van der Waals surface area (Å²) in [5, 5.41) is 2.67. The Bertz CT molecular complexity index is 206. The van der Waals surface area contributed by atoms with Crippen molar-refractivity contribution in [3.05, 3.63) is 0 Å². The Morgan fingerprint density at radius 2 is 2.21 bits per heavy atom. The lowest BCUT2D eigenvalue weighted by molar-refractivity contribution is -0.125. The van der Waals surface area contributed by atoms with E-state index in [1.807, 2.05) is 13.8 Å². The van der Waals surface area contributed by atoms with Gasteiger partial charge in [0.2, 0.25) is 5.91 Å². The highest BCUT2D eigenvalue weighted by Crippen LogP contribution is 2.20. The summed E-state index contributed by atoms with van der Waals surface area (Å²) in [4.78, 5) is 13.6. The van der Waals surface area contributed by atoms with Crippen LogP contribution < -0.4 is 11.1 Å². The summed E-state index contributed by atoms with van der Waals surface area (Å²) >= 11 is 0. The smallest absolute Gasteiger partial charge is 0.236 e. The van der Waals surface area contributed by atoms with Crippen molar-refractivity contribution < 1.29 is 4.79 Å². The fraction of sp³-hybridized carbons (Fsp3) is 0.900. The first-order valence-electron chi connectivity index (χ1n) is 5.27. The van der Waals surface area contributed by atoms with Crippen LogP contribution in [0, 0.1) is 5.92 Å². The quantitative estimate of drug-likeness (QED) is 0.661. The van der Waals surface area contributed by atoms with E-state index in [-0.39, 0.29) is 18.0 Å². The summed E-state index contributed by atoms with van der Waals surface area (Å²) in [6.07, 6.45) is 1.11. The SMILES string of the molecule is CNC(=O)C(C)N1CCC(C(C)N)C1. The van der Waals surface area contributed by atoms with Gasteiger partial charge >= 0.3 is 0 Å². The average molecular weight is 199 g/mol. The molecule has 1 fully saturated rings. The predicted molar refractivity (Wildman–Crippen MR) is 56.9 cm³/mol. The van der Waals surface area contributed by atoms with E-state index in [4.69, 9.17) is 5.73 Å². The molecule has 0 saturated carbocycles. The summed E-state index contributed by atoms with van der Waals surface area (Å²) in [6.45, 7) is 5.92. The fourth-order valence-corrected chi connectivity index (χ4v) is 1.97. The number of hydrogen-bond acceptors (Lipinski definition) is 3. The maximum Gasteiger partial charge on any atom is 0.236 e. The minimum atomic E-state index is -0.0243. The van der Waals surface area contributed by atoms with Crippen molar-refractivity contribution in [2.45, 2.75) is 32.4 Å². The molecule has 0 bridgehead atoms. The van der Waals surface area contributed by atoms with Crippen LogP contribution in [0.1, 0.15) is 20.3 Å². The molecule has 82 valence electrons. The summed E-state index contributed by atoms with van der Waals surface area (Å²) in [6, 6.07) is 0.209. The number of likely N-dealkylation sites (tertiary alicyclic amines) is 1. The Morgan fingerprint density at radius 1 is 1.57 bits per heavy atom. The molecule has 1 aliphatic heterocycles. The molecular formula is C10H21N3O. The van der Waals surface area contributed by atoms with E-state index in [2.05, 4.69) is 10.2 Å².